The molecule has 0 aliphatic heterocycles. The minimum absolute atomic E-state index is 0.0106. The zero-order valence-corrected chi connectivity index (χ0v) is 11.0. The van der Waals surface area contributed by atoms with Gasteiger partial charge in [-0.15, -0.1) is 0 Å². The van der Waals surface area contributed by atoms with Crippen molar-refractivity contribution in [2.24, 2.45) is 0 Å². The second-order valence-electron chi connectivity index (χ2n) is 4.30. The zero-order valence-electron chi connectivity index (χ0n) is 11.0. The van der Waals surface area contributed by atoms with Gasteiger partial charge in [0.1, 0.15) is 6.04 Å². The first kappa shape index (κ1) is 15.5. The summed E-state index contributed by atoms with van der Waals surface area (Å²) >= 11 is 0. The van der Waals surface area contributed by atoms with Crippen LogP contribution in [0.25, 0.3) is 0 Å². The molecule has 3 nitrogen and oxygen atoms in total. The molecule has 0 aliphatic rings. The monoisotopic (exact) mass is 275 g/mol. The minimum Gasteiger partial charge on any atom is -0.465 e. The highest BCUT2D eigenvalue weighted by Crippen LogP contribution is 2.21. The Hall–Kier alpha value is -1.56. The van der Waals surface area contributed by atoms with Crippen LogP contribution in [0.15, 0.2) is 12.1 Å². The van der Waals surface area contributed by atoms with Crippen molar-refractivity contribution in [3.63, 3.8) is 0 Å². The molecule has 0 radical (unpaired) electrons. The fraction of sp³-hybridized carbons (Fsp3) is 0.462. The molecule has 1 atom stereocenters. The summed E-state index contributed by atoms with van der Waals surface area (Å²) in [5.74, 6) is -4.90. The van der Waals surface area contributed by atoms with E-state index in [0.29, 0.717) is 0 Å². The van der Waals surface area contributed by atoms with E-state index in [4.69, 9.17) is 4.74 Å². The quantitative estimate of drug-likeness (QED) is 0.663. The summed E-state index contributed by atoms with van der Waals surface area (Å²) < 4.78 is 44.1. The van der Waals surface area contributed by atoms with Crippen LogP contribution in [0.4, 0.5) is 13.2 Å². The lowest BCUT2D eigenvalue weighted by Crippen LogP contribution is -2.35. The van der Waals surface area contributed by atoms with Gasteiger partial charge in [0, 0.05) is 6.04 Å². The molecule has 0 aliphatic carbocycles. The number of rotatable bonds is 5. The lowest BCUT2D eigenvalue weighted by atomic mass is 10.1. The Morgan fingerprint density at radius 3 is 2.21 bits per heavy atom. The molecule has 0 amide bonds. The number of carbonyl (C=O) groups excluding carboxylic acids is 1. The summed E-state index contributed by atoms with van der Waals surface area (Å²) in [5, 5.41) is 2.82. The number of nitrogens with one attached hydrogen (secondary N) is 1. The molecule has 0 fully saturated rings. The number of carbonyl (C=O) groups is 1. The molecule has 0 spiro atoms. The molecule has 0 saturated carbocycles. The van der Waals surface area contributed by atoms with E-state index in [2.05, 4.69) is 5.32 Å². The smallest absolute Gasteiger partial charge is 0.327 e. The first-order valence-corrected chi connectivity index (χ1v) is 5.94. The van der Waals surface area contributed by atoms with Gasteiger partial charge in [-0.05, 0) is 38.5 Å². The highest BCUT2D eigenvalue weighted by Gasteiger charge is 2.25. The van der Waals surface area contributed by atoms with Gasteiger partial charge in [0.2, 0.25) is 0 Å². The normalized spacial score (nSPS) is 12.6. The molecule has 0 aromatic heterocycles. The highest BCUT2D eigenvalue weighted by molar-refractivity contribution is 5.77. The van der Waals surface area contributed by atoms with Gasteiger partial charge in [-0.2, -0.15) is 0 Å². The van der Waals surface area contributed by atoms with Crippen molar-refractivity contribution >= 4 is 5.97 Å². The Balaban J connectivity index is 3.13. The third-order valence-electron chi connectivity index (χ3n) is 2.36. The van der Waals surface area contributed by atoms with Gasteiger partial charge in [0.05, 0.1) is 6.61 Å². The van der Waals surface area contributed by atoms with Crippen LogP contribution in [0.2, 0.25) is 0 Å². The molecular weight excluding hydrogens is 259 g/mol. The maximum atomic E-state index is 13.2. The second kappa shape index (κ2) is 6.56. The van der Waals surface area contributed by atoms with Gasteiger partial charge < -0.3 is 4.74 Å². The fourth-order valence-electron chi connectivity index (χ4n) is 1.60. The van der Waals surface area contributed by atoms with Gasteiger partial charge in [-0.25, -0.2) is 18.0 Å². The summed E-state index contributed by atoms with van der Waals surface area (Å²) in [6, 6.07) is 0.417. The van der Waals surface area contributed by atoms with E-state index < -0.39 is 29.5 Å². The van der Waals surface area contributed by atoms with E-state index in [9.17, 15) is 18.0 Å². The van der Waals surface area contributed by atoms with Crippen molar-refractivity contribution < 1.29 is 22.7 Å². The van der Waals surface area contributed by atoms with Gasteiger partial charge in [-0.1, -0.05) is 0 Å². The van der Waals surface area contributed by atoms with Crippen LogP contribution >= 0.6 is 0 Å². The van der Waals surface area contributed by atoms with E-state index >= 15 is 0 Å². The Bertz CT molecular complexity index is 440. The van der Waals surface area contributed by atoms with Gasteiger partial charge in [0.25, 0.3) is 0 Å². The van der Waals surface area contributed by atoms with Crippen LogP contribution in [-0.4, -0.2) is 18.6 Å². The SMILES string of the molecule is CCOC(=O)C(NC(C)C)c1cc(F)c(F)c(F)c1. The summed E-state index contributed by atoms with van der Waals surface area (Å²) in [5.41, 5.74) is -0.0106. The summed E-state index contributed by atoms with van der Waals surface area (Å²) in [6.07, 6.45) is 0. The lowest BCUT2D eigenvalue weighted by Gasteiger charge is -2.20. The van der Waals surface area contributed by atoms with Crippen LogP contribution < -0.4 is 5.32 Å². The number of hydrogen-bond donors (Lipinski definition) is 1. The van der Waals surface area contributed by atoms with Crippen molar-refractivity contribution in [2.75, 3.05) is 6.61 Å². The van der Waals surface area contributed by atoms with Crippen molar-refractivity contribution in [1.82, 2.24) is 5.32 Å². The summed E-state index contributed by atoms with van der Waals surface area (Å²) in [7, 11) is 0. The molecule has 6 heteroatoms. The highest BCUT2D eigenvalue weighted by atomic mass is 19.2. The van der Waals surface area contributed by atoms with E-state index in [-0.39, 0.29) is 18.2 Å². The van der Waals surface area contributed by atoms with Crippen molar-refractivity contribution in [3.8, 4) is 0 Å². The number of hydrogen-bond acceptors (Lipinski definition) is 3. The topological polar surface area (TPSA) is 38.3 Å². The van der Waals surface area contributed by atoms with Crippen molar-refractivity contribution in [1.29, 1.82) is 0 Å². The van der Waals surface area contributed by atoms with E-state index in [1.54, 1.807) is 20.8 Å². The first-order valence-electron chi connectivity index (χ1n) is 5.94. The second-order valence-corrected chi connectivity index (χ2v) is 4.30. The van der Waals surface area contributed by atoms with Crippen LogP contribution in [0.3, 0.4) is 0 Å². The van der Waals surface area contributed by atoms with Crippen molar-refractivity contribution in [3.05, 3.63) is 35.1 Å². The van der Waals surface area contributed by atoms with E-state index in [1.165, 1.54) is 0 Å². The van der Waals surface area contributed by atoms with E-state index in [0.717, 1.165) is 12.1 Å². The molecule has 1 rings (SSSR count). The molecule has 19 heavy (non-hydrogen) atoms. The third kappa shape index (κ3) is 3.96. The zero-order chi connectivity index (χ0) is 14.6. The average Bonchev–Trinajstić information content (AvgIpc) is 2.32. The molecule has 0 heterocycles. The van der Waals surface area contributed by atoms with Crippen LogP contribution in [-0.2, 0) is 9.53 Å². The molecule has 0 saturated heterocycles. The maximum Gasteiger partial charge on any atom is 0.327 e. The molecule has 1 N–H and O–H groups in total. The first-order chi connectivity index (χ1) is 8.86. The Morgan fingerprint density at radius 1 is 1.26 bits per heavy atom. The molecular formula is C13H16F3NO2. The minimum atomic E-state index is -1.56. The summed E-state index contributed by atoms with van der Waals surface area (Å²) in [4.78, 5) is 11.8. The molecule has 1 aromatic rings. The Morgan fingerprint density at radius 2 is 1.79 bits per heavy atom. The van der Waals surface area contributed by atoms with Gasteiger partial charge >= 0.3 is 5.97 Å². The molecule has 1 unspecified atom stereocenters. The third-order valence-corrected chi connectivity index (χ3v) is 2.36. The molecule has 106 valence electrons. The number of ether oxygens (including phenoxy) is 1. The van der Waals surface area contributed by atoms with Crippen LogP contribution in [0.5, 0.6) is 0 Å². The predicted octanol–water partition coefficient (Wildman–Crippen LogP) is 2.71. The number of esters is 1. The van der Waals surface area contributed by atoms with Gasteiger partial charge in [-0.3, -0.25) is 5.32 Å². The lowest BCUT2D eigenvalue weighted by molar-refractivity contribution is -0.146. The Labute approximate surface area is 109 Å². The fourth-order valence-corrected chi connectivity index (χ4v) is 1.60. The number of benzene rings is 1. The van der Waals surface area contributed by atoms with Gasteiger partial charge in [0.15, 0.2) is 17.5 Å². The van der Waals surface area contributed by atoms with Crippen molar-refractivity contribution in [2.45, 2.75) is 32.9 Å². The average molecular weight is 275 g/mol. The van der Waals surface area contributed by atoms with E-state index in [1.807, 2.05) is 0 Å². The molecule has 1 aromatic carbocycles. The molecule has 0 bridgehead atoms. The van der Waals surface area contributed by atoms with Crippen LogP contribution in [0.1, 0.15) is 32.4 Å². The maximum absolute atomic E-state index is 13.2. The largest absolute Gasteiger partial charge is 0.465 e. The Kier molecular flexibility index (Phi) is 5.35. The summed E-state index contributed by atoms with van der Waals surface area (Å²) in [6.45, 7) is 5.29. The van der Waals surface area contributed by atoms with Crippen LogP contribution in [0, 0.1) is 17.5 Å². The standard InChI is InChI=1S/C13H16F3NO2/c1-4-19-13(18)12(17-7(2)3)8-5-9(14)11(16)10(15)6-8/h5-7,12,17H,4H2,1-3H3. The predicted molar refractivity (Wildman–Crippen MR) is 64.0 cm³/mol. The number of halogens is 3.